The number of ether oxygens (including phenoxy) is 5. The van der Waals surface area contributed by atoms with Gasteiger partial charge in [-0.15, -0.1) is 22.7 Å². The van der Waals surface area contributed by atoms with Gasteiger partial charge in [-0.2, -0.15) is 0 Å². The summed E-state index contributed by atoms with van der Waals surface area (Å²) in [5.74, 6) is 0.757. The number of aliphatic imine (C=N–C) groups is 1. The van der Waals surface area contributed by atoms with Crippen molar-refractivity contribution in [1.29, 1.82) is 0 Å². The first-order chi connectivity index (χ1) is 23.0. The molecule has 1 aromatic carbocycles. The summed E-state index contributed by atoms with van der Waals surface area (Å²) >= 11 is 9.57. The van der Waals surface area contributed by atoms with Gasteiger partial charge < -0.3 is 29.0 Å². The van der Waals surface area contributed by atoms with E-state index < -0.39 is 11.6 Å². The fourth-order valence-corrected chi connectivity index (χ4v) is 10.1. The van der Waals surface area contributed by atoms with Crippen LogP contribution in [-0.2, 0) is 51.2 Å². The Morgan fingerprint density at radius 1 is 0.809 bits per heavy atom. The van der Waals surface area contributed by atoms with E-state index in [1.54, 1.807) is 36.1 Å². The van der Waals surface area contributed by atoms with E-state index in [1.807, 2.05) is 12.3 Å². The lowest BCUT2D eigenvalue weighted by molar-refractivity contribution is -0.163. The number of nitrogens with zero attached hydrogens (tertiary/aromatic N) is 5. The van der Waals surface area contributed by atoms with Gasteiger partial charge in [-0.3, -0.25) is 4.99 Å². The van der Waals surface area contributed by atoms with Crippen LogP contribution in [0.25, 0.3) is 20.4 Å². The summed E-state index contributed by atoms with van der Waals surface area (Å²) in [7, 11) is 1.69. The summed E-state index contributed by atoms with van der Waals surface area (Å²) in [5.41, 5.74) is 5.76. The second-order valence-corrected chi connectivity index (χ2v) is 14.7. The van der Waals surface area contributed by atoms with Crippen LogP contribution in [0.5, 0.6) is 5.75 Å². The molecule has 14 heteroatoms. The lowest BCUT2D eigenvalue weighted by atomic mass is 9.92. The van der Waals surface area contributed by atoms with Gasteiger partial charge >= 0.3 is 0 Å². The van der Waals surface area contributed by atoms with Gasteiger partial charge in [0.2, 0.25) is 0 Å². The van der Waals surface area contributed by atoms with Gasteiger partial charge in [0, 0.05) is 41.7 Å². The van der Waals surface area contributed by atoms with Gasteiger partial charge in [-0.1, -0.05) is 11.6 Å². The van der Waals surface area contributed by atoms with Crippen molar-refractivity contribution in [1.82, 2.24) is 19.9 Å². The number of aromatic nitrogens is 4. The van der Waals surface area contributed by atoms with Gasteiger partial charge in [0.05, 0.1) is 56.5 Å². The molecule has 0 atom stereocenters. The average molecular weight is 691 g/mol. The number of methoxy groups -OCH3 is 1. The molecular formula is C33H31ClN6O5S2. The van der Waals surface area contributed by atoms with Crippen LogP contribution in [0.3, 0.4) is 0 Å². The van der Waals surface area contributed by atoms with E-state index in [9.17, 15) is 0 Å². The zero-order valence-corrected chi connectivity index (χ0v) is 28.0. The first-order valence-electron chi connectivity index (χ1n) is 15.7. The van der Waals surface area contributed by atoms with Crippen LogP contribution in [0, 0.1) is 0 Å². The maximum atomic E-state index is 6.18. The zero-order chi connectivity index (χ0) is 31.6. The number of thiophene rings is 2. The Morgan fingerprint density at radius 2 is 1.43 bits per heavy atom. The molecule has 47 heavy (non-hydrogen) atoms. The molecule has 5 aromatic rings. The minimum atomic E-state index is -0.447. The number of hydrogen-bond donors (Lipinski definition) is 1. The Morgan fingerprint density at radius 3 is 2.09 bits per heavy atom. The number of anilines is 2. The zero-order valence-electron chi connectivity index (χ0n) is 25.6. The standard InChI is InChI=1S/C21H20N4O3S.C12H11ClN2O2S/c1-26-16-7-13-10-22-9-12(13)6-15(16)25-19-18-14-2-3-21(27-4-5-28-21)8-17(14)29-20(18)24-11-23-19;13-10-9-7-1-2-12(16-3-4-17-12)5-8(7)18-11(9)15-6-14-10/h6-7,9,11H,2-5,8,10H2,1H3,(H,23,24,25);6H,1-5H2. The molecule has 2 spiro atoms. The Labute approximate surface area is 283 Å². The summed E-state index contributed by atoms with van der Waals surface area (Å²) < 4.78 is 29.1. The molecule has 1 N–H and O–H groups in total. The van der Waals surface area contributed by atoms with Crippen molar-refractivity contribution in [3.05, 3.63) is 61.9 Å². The molecule has 0 amide bonds. The van der Waals surface area contributed by atoms with Gasteiger partial charge in [0.15, 0.2) is 11.6 Å². The molecule has 3 aliphatic heterocycles. The Bertz CT molecular complexity index is 2050. The molecule has 0 radical (unpaired) electrons. The van der Waals surface area contributed by atoms with Gasteiger partial charge in [0.25, 0.3) is 0 Å². The van der Waals surface area contributed by atoms with Crippen molar-refractivity contribution < 1.29 is 23.7 Å². The first kappa shape index (κ1) is 29.8. The molecule has 0 bridgehead atoms. The fourth-order valence-electron chi connectivity index (χ4n) is 7.26. The van der Waals surface area contributed by atoms with Crippen LogP contribution >= 0.6 is 34.3 Å². The van der Waals surface area contributed by atoms with E-state index in [-0.39, 0.29) is 0 Å². The number of fused-ring (bicyclic) bond motifs is 7. The molecule has 4 aromatic heterocycles. The van der Waals surface area contributed by atoms with Crippen molar-refractivity contribution in [3.63, 3.8) is 0 Å². The van der Waals surface area contributed by atoms with E-state index in [4.69, 9.17) is 35.3 Å². The maximum absolute atomic E-state index is 6.18. The second-order valence-electron chi connectivity index (χ2n) is 12.2. The number of hydrogen-bond acceptors (Lipinski definition) is 13. The third-order valence-electron chi connectivity index (χ3n) is 9.50. The van der Waals surface area contributed by atoms with E-state index in [2.05, 4.69) is 36.3 Å². The quantitative estimate of drug-likeness (QED) is 0.220. The Kier molecular flexibility index (Phi) is 7.41. The lowest BCUT2D eigenvalue weighted by Crippen LogP contribution is -2.36. The minimum absolute atomic E-state index is 0.395. The molecule has 7 heterocycles. The SMILES string of the molecule is COc1cc2c(cc1Nc1ncnc3sc4c(c13)CCC1(C4)OCCO1)C=NC2.Clc1ncnc2sc3c(c12)CCC1(C3)OCCO1. The Hall–Kier alpha value is -3.30. The van der Waals surface area contributed by atoms with Crippen LogP contribution < -0.4 is 10.1 Å². The second kappa shape index (κ2) is 11.7. The Balaban J connectivity index is 0.000000144. The molecule has 5 aliphatic rings. The molecule has 242 valence electrons. The molecule has 10 rings (SSSR count). The number of aryl methyl sites for hydroxylation is 2. The molecule has 2 aliphatic carbocycles. The fraction of sp³-hybridized carbons (Fsp3) is 0.424. The van der Waals surface area contributed by atoms with E-state index in [1.165, 1.54) is 32.8 Å². The topological polar surface area (TPSA) is 122 Å². The van der Waals surface area contributed by atoms with Crippen molar-refractivity contribution >= 4 is 72.4 Å². The van der Waals surface area contributed by atoms with Crippen LogP contribution in [0.2, 0.25) is 5.15 Å². The largest absolute Gasteiger partial charge is 0.495 e. The lowest BCUT2D eigenvalue weighted by Gasteiger charge is -2.31. The molecule has 11 nitrogen and oxygen atoms in total. The molecular weight excluding hydrogens is 660 g/mol. The van der Waals surface area contributed by atoms with Gasteiger partial charge in [0.1, 0.15) is 39.0 Å². The first-order valence-corrected chi connectivity index (χ1v) is 17.7. The van der Waals surface area contributed by atoms with Crippen LogP contribution in [0.15, 0.2) is 29.8 Å². The third-order valence-corrected chi connectivity index (χ3v) is 12.1. The summed E-state index contributed by atoms with van der Waals surface area (Å²) in [5, 5.41) is 6.17. The minimum Gasteiger partial charge on any atom is -0.495 e. The van der Waals surface area contributed by atoms with E-state index in [0.717, 1.165) is 81.8 Å². The predicted molar refractivity (Wildman–Crippen MR) is 181 cm³/mol. The summed E-state index contributed by atoms with van der Waals surface area (Å²) in [6.45, 7) is 3.44. The average Bonchev–Trinajstić information content (AvgIpc) is 3.92. The number of benzene rings is 1. The van der Waals surface area contributed by atoms with Crippen LogP contribution in [0.4, 0.5) is 11.5 Å². The smallest absolute Gasteiger partial charge is 0.173 e. The number of rotatable bonds is 3. The molecule has 2 fully saturated rings. The van der Waals surface area contributed by atoms with Crippen molar-refractivity contribution in [2.24, 2.45) is 4.99 Å². The van der Waals surface area contributed by atoms with E-state index in [0.29, 0.717) is 38.1 Å². The third kappa shape index (κ3) is 5.19. The van der Waals surface area contributed by atoms with Crippen LogP contribution in [0.1, 0.15) is 44.8 Å². The van der Waals surface area contributed by atoms with Crippen molar-refractivity contribution in [2.75, 3.05) is 38.9 Å². The summed E-state index contributed by atoms with van der Waals surface area (Å²) in [4.78, 5) is 26.4. The molecule has 2 saturated heterocycles. The molecule has 0 unspecified atom stereocenters. The normalized spacial score (nSPS) is 20.0. The highest BCUT2D eigenvalue weighted by molar-refractivity contribution is 7.19. The number of nitrogens with one attached hydrogen (secondary N) is 1. The highest BCUT2D eigenvalue weighted by atomic mass is 35.5. The summed E-state index contributed by atoms with van der Waals surface area (Å²) in [6.07, 6.45) is 10.2. The monoisotopic (exact) mass is 690 g/mol. The molecule has 0 saturated carbocycles. The van der Waals surface area contributed by atoms with Gasteiger partial charge in [-0.05, 0) is 47.2 Å². The van der Waals surface area contributed by atoms with Crippen molar-refractivity contribution in [2.45, 2.75) is 56.6 Å². The van der Waals surface area contributed by atoms with Gasteiger partial charge in [-0.25, -0.2) is 19.9 Å². The van der Waals surface area contributed by atoms with Crippen LogP contribution in [-0.4, -0.2) is 71.3 Å². The van der Waals surface area contributed by atoms with E-state index >= 15 is 0 Å². The summed E-state index contributed by atoms with van der Waals surface area (Å²) in [6, 6.07) is 4.12. The highest BCUT2D eigenvalue weighted by Gasteiger charge is 2.42. The number of halogens is 1. The predicted octanol–water partition coefficient (Wildman–Crippen LogP) is 6.18. The maximum Gasteiger partial charge on any atom is 0.173 e. The highest BCUT2D eigenvalue weighted by Crippen LogP contribution is 2.45. The van der Waals surface area contributed by atoms with Crippen molar-refractivity contribution in [3.8, 4) is 5.75 Å².